The summed E-state index contributed by atoms with van der Waals surface area (Å²) in [6.07, 6.45) is 5.46. The summed E-state index contributed by atoms with van der Waals surface area (Å²) in [6.45, 7) is 0. The van der Waals surface area contributed by atoms with Crippen molar-refractivity contribution in [3.63, 3.8) is 0 Å². The molecular weight excluding hydrogens is 331 g/mol. The van der Waals surface area contributed by atoms with Crippen LogP contribution in [0.1, 0.15) is 10.4 Å². The van der Waals surface area contributed by atoms with Gasteiger partial charge in [0.15, 0.2) is 0 Å². The average molecular weight is 346 g/mol. The van der Waals surface area contributed by atoms with Crippen LogP contribution in [0.15, 0.2) is 67.1 Å². The van der Waals surface area contributed by atoms with Crippen LogP contribution in [0.3, 0.4) is 0 Å². The molecule has 0 spiro atoms. The van der Waals surface area contributed by atoms with Gasteiger partial charge in [-0.25, -0.2) is 9.37 Å². The third-order valence-corrected chi connectivity index (χ3v) is 4.11. The molecule has 0 aliphatic rings. The second-order valence-corrected chi connectivity index (χ2v) is 6.00. The number of fused-ring (bicyclic) bond motifs is 1. The third kappa shape index (κ3) is 3.17. The number of nitrogens with one attached hydrogen (secondary N) is 1. The summed E-state index contributed by atoms with van der Waals surface area (Å²) in [6, 6.07) is 13.2. The van der Waals surface area contributed by atoms with Gasteiger partial charge in [-0.1, -0.05) is 12.1 Å². The molecular formula is C20H15FN4O. The van der Waals surface area contributed by atoms with Crippen molar-refractivity contribution in [1.29, 1.82) is 0 Å². The predicted octanol–water partition coefficient (Wildman–Crippen LogP) is 4.03. The van der Waals surface area contributed by atoms with E-state index in [2.05, 4.69) is 15.4 Å². The number of rotatable bonds is 3. The molecule has 0 fully saturated rings. The van der Waals surface area contributed by atoms with Crippen LogP contribution in [0.2, 0.25) is 0 Å². The second kappa shape index (κ2) is 6.40. The van der Waals surface area contributed by atoms with Crippen LogP contribution in [-0.4, -0.2) is 20.7 Å². The Morgan fingerprint density at radius 3 is 2.54 bits per heavy atom. The van der Waals surface area contributed by atoms with Crippen LogP contribution in [0, 0.1) is 5.82 Å². The van der Waals surface area contributed by atoms with Gasteiger partial charge in [0.25, 0.3) is 5.91 Å². The van der Waals surface area contributed by atoms with E-state index in [1.165, 1.54) is 24.3 Å². The molecule has 0 saturated carbocycles. The maximum absolute atomic E-state index is 13.0. The van der Waals surface area contributed by atoms with Gasteiger partial charge >= 0.3 is 0 Å². The smallest absolute Gasteiger partial charge is 0.256 e. The Morgan fingerprint density at radius 2 is 1.81 bits per heavy atom. The van der Waals surface area contributed by atoms with Crippen LogP contribution >= 0.6 is 0 Å². The number of benzene rings is 2. The highest BCUT2D eigenvalue weighted by atomic mass is 19.1. The Bertz CT molecular complexity index is 1100. The number of hydrogen-bond acceptors (Lipinski definition) is 3. The molecule has 26 heavy (non-hydrogen) atoms. The quantitative estimate of drug-likeness (QED) is 0.609. The molecule has 2 aromatic heterocycles. The van der Waals surface area contributed by atoms with Gasteiger partial charge < -0.3 is 5.32 Å². The fraction of sp³-hybridized carbons (Fsp3) is 0.0500. The molecule has 128 valence electrons. The van der Waals surface area contributed by atoms with Crippen LogP contribution in [0.25, 0.3) is 21.9 Å². The minimum absolute atomic E-state index is 0.333. The van der Waals surface area contributed by atoms with Crippen molar-refractivity contribution < 1.29 is 9.18 Å². The van der Waals surface area contributed by atoms with Crippen LogP contribution in [0.4, 0.5) is 10.2 Å². The Morgan fingerprint density at radius 1 is 1.00 bits per heavy atom. The van der Waals surface area contributed by atoms with Crippen LogP contribution in [0.5, 0.6) is 0 Å². The summed E-state index contributed by atoms with van der Waals surface area (Å²) < 4.78 is 14.7. The first-order valence-corrected chi connectivity index (χ1v) is 8.04. The number of carbonyl (C=O) groups excluding carboxylic acids is 1. The molecule has 5 nitrogen and oxygen atoms in total. The molecule has 0 aliphatic heterocycles. The van der Waals surface area contributed by atoms with Gasteiger partial charge in [-0.3, -0.25) is 9.48 Å². The lowest BCUT2D eigenvalue weighted by atomic mass is 10.1. The zero-order chi connectivity index (χ0) is 18.1. The number of hydrogen-bond donors (Lipinski definition) is 1. The molecule has 0 saturated heterocycles. The summed E-state index contributed by atoms with van der Waals surface area (Å²) in [7, 11) is 1.87. The highest BCUT2D eigenvalue weighted by Gasteiger charge is 2.08. The summed E-state index contributed by atoms with van der Waals surface area (Å²) >= 11 is 0. The van der Waals surface area contributed by atoms with E-state index in [1.807, 2.05) is 37.5 Å². The normalized spacial score (nSPS) is 10.8. The Balaban J connectivity index is 1.63. The number of aryl methyl sites for hydroxylation is 1. The second-order valence-electron chi connectivity index (χ2n) is 6.00. The number of halogens is 1. The van der Waals surface area contributed by atoms with Gasteiger partial charge in [0.05, 0.1) is 6.20 Å². The van der Waals surface area contributed by atoms with Crippen molar-refractivity contribution in [3.05, 3.63) is 78.5 Å². The molecule has 6 heteroatoms. The summed E-state index contributed by atoms with van der Waals surface area (Å²) in [4.78, 5) is 16.5. The lowest BCUT2D eigenvalue weighted by Gasteiger charge is -2.07. The maximum atomic E-state index is 13.0. The van der Waals surface area contributed by atoms with Gasteiger partial charge in [-0.05, 0) is 47.3 Å². The molecule has 4 rings (SSSR count). The zero-order valence-corrected chi connectivity index (χ0v) is 14.0. The third-order valence-electron chi connectivity index (χ3n) is 4.11. The van der Waals surface area contributed by atoms with E-state index in [9.17, 15) is 9.18 Å². The lowest BCUT2D eigenvalue weighted by molar-refractivity contribution is 0.102. The van der Waals surface area contributed by atoms with Gasteiger partial charge in [0.2, 0.25) is 0 Å². The number of nitrogens with zero attached hydrogens (tertiary/aromatic N) is 3. The van der Waals surface area contributed by atoms with Crippen molar-refractivity contribution in [1.82, 2.24) is 14.8 Å². The number of carbonyl (C=O) groups is 1. The summed E-state index contributed by atoms with van der Waals surface area (Å²) in [5.41, 5.74) is 2.42. The van der Waals surface area contributed by atoms with Crippen molar-refractivity contribution in [2.45, 2.75) is 0 Å². The zero-order valence-electron chi connectivity index (χ0n) is 14.0. The Kier molecular flexibility index (Phi) is 3.93. The average Bonchev–Trinajstić information content (AvgIpc) is 3.08. The largest absolute Gasteiger partial charge is 0.307 e. The summed E-state index contributed by atoms with van der Waals surface area (Å²) in [5, 5.41) is 8.86. The Labute approximate surface area is 149 Å². The molecule has 1 amide bonds. The van der Waals surface area contributed by atoms with Crippen molar-refractivity contribution in [2.24, 2.45) is 7.05 Å². The highest BCUT2D eigenvalue weighted by molar-refractivity contribution is 6.04. The number of pyridine rings is 1. The van der Waals surface area contributed by atoms with E-state index >= 15 is 0 Å². The first-order valence-electron chi connectivity index (χ1n) is 8.04. The van der Waals surface area contributed by atoms with E-state index in [1.54, 1.807) is 17.1 Å². The highest BCUT2D eigenvalue weighted by Crippen LogP contribution is 2.25. The number of amides is 1. The molecule has 0 aliphatic carbocycles. The first-order chi connectivity index (χ1) is 12.6. The predicted molar refractivity (Wildman–Crippen MR) is 98.3 cm³/mol. The molecule has 0 radical (unpaired) electrons. The molecule has 0 unspecified atom stereocenters. The Hall–Kier alpha value is -3.54. The van der Waals surface area contributed by atoms with Gasteiger partial charge in [0, 0.05) is 36.0 Å². The number of anilines is 1. The van der Waals surface area contributed by atoms with E-state index in [0.717, 1.165) is 21.9 Å². The first kappa shape index (κ1) is 16.0. The summed E-state index contributed by atoms with van der Waals surface area (Å²) in [5.74, 6) is -0.274. The number of aromatic nitrogens is 3. The molecule has 4 aromatic rings. The molecule has 2 heterocycles. The van der Waals surface area contributed by atoms with Gasteiger partial charge in [-0.15, -0.1) is 0 Å². The monoisotopic (exact) mass is 346 g/mol. The lowest BCUT2D eigenvalue weighted by Crippen LogP contribution is -2.12. The van der Waals surface area contributed by atoms with E-state index in [4.69, 9.17) is 0 Å². The molecule has 2 aromatic carbocycles. The molecule has 0 atom stereocenters. The van der Waals surface area contributed by atoms with Crippen LogP contribution < -0.4 is 5.32 Å². The SMILES string of the molecule is Cn1cc(-c2ccc3cnc(NC(=O)c4ccc(F)cc4)cc3c2)cn1. The fourth-order valence-corrected chi connectivity index (χ4v) is 2.75. The minimum atomic E-state index is -0.381. The van der Waals surface area contributed by atoms with Gasteiger partial charge in [0.1, 0.15) is 11.6 Å². The maximum Gasteiger partial charge on any atom is 0.256 e. The van der Waals surface area contributed by atoms with Crippen molar-refractivity contribution >= 4 is 22.5 Å². The minimum Gasteiger partial charge on any atom is -0.307 e. The van der Waals surface area contributed by atoms with E-state index in [0.29, 0.717) is 11.4 Å². The van der Waals surface area contributed by atoms with Crippen molar-refractivity contribution in [3.8, 4) is 11.1 Å². The molecule has 0 bridgehead atoms. The topological polar surface area (TPSA) is 59.8 Å². The van der Waals surface area contributed by atoms with E-state index < -0.39 is 0 Å². The fourth-order valence-electron chi connectivity index (χ4n) is 2.75. The van der Waals surface area contributed by atoms with Crippen LogP contribution in [-0.2, 0) is 7.05 Å². The van der Waals surface area contributed by atoms with Crippen molar-refractivity contribution in [2.75, 3.05) is 5.32 Å². The standard InChI is InChI=1S/C20H15FN4O/c1-25-12-17(11-23-25)14-2-3-15-10-22-19(9-16(15)8-14)24-20(26)13-4-6-18(21)7-5-13/h2-12H,1H3,(H,22,24,26). The van der Waals surface area contributed by atoms with E-state index in [-0.39, 0.29) is 11.7 Å². The molecule has 1 N–H and O–H groups in total. The van der Waals surface area contributed by atoms with Gasteiger partial charge in [-0.2, -0.15) is 5.10 Å².